The lowest BCUT2D eigenvalue weighted by Gasteiger charge is -2.14. The van der Waals surface area contributed by atoms with Gasteiger partial charge in [0.25, 0.3) is 0 Å². The second-order valence-corrected chi connectivity index (χ2v) is 3.19. The van der Waals surface area contributed by atoms with Gasteiger partial charge < -0.3 is 15.5 Å². The zero-order chi connectivity index (χ0) is 10.6. The second kappa shape index (κ2) is 10.1. The molecule has 1 N–H and O–H groups in total. The number of hydrogen-bond acceptors (Lipinski definition) is 3. The summed E-state index contributed by atoms with van der Waals surface area (Å²) in [7, 11) is 0. The Kier molecular flexibility index (Phi) is 9.41. The van der Waals surface area contributed by atoms with Gasteiger partial charge in [0.1, 0.15) is 6.40 Å². The van der Waals surface area contributed by atoms with Gasteiger partial charge in [-0.3, -0.25) is 5.22 Å². The summed E-state index contributed by atoms with van der Waals surface area (Å²) in [6.45, 7) is 5.15. The van der Waals surface area contributed by atoms with Crippen LogP contribution in [0.2, 0.25) is 0 Å². The Morgan fingerprint density at radius 1 is 1.50 bits per heavy atom. The normalized spacial score (nSPS) is 13.0. The smallest absolute Gasteiger partial charge is 0.115 e. The van der Waals surface area contributed by atoms with Gasteiger partial charge in [-0.2, -0.15) is 5.48 Å². The molecular weight excluding hydrogens is 180 g/mol. The Morgan fingerprint density at radius 3 is 2.86 bits per heavy atom. The van der Waals surface area contributed by atoms with Gasteiger partial charge >= 0.3 is 0 Å². The number of nitrogens with zero attached hydrogens (tertiary/aromatic N) is 3. The minimum atomic E-state index is 0.634. The van der Waals surface area contributed by atoms with Crippen LogP contribution in [0.25, 0.3) is 5.53 Å². The van der Waals surface area contributed by atoms with E-state index in [2.05, 4.69) is 29.7 Å². The average Bonchev–Trinajstić information content (AvgIpc) is 2.22. The summed E-state index contributed by atoms with van der Waals surface area (Å²) < 4.78 is 0. The van der Waals surface area contributed by atoms with Crippen LogP contribution < -0.4 is 5.48 Å². The van der Waals surface area contributed by atoms with Crippen molar-refractivity contribution in [2.24, 2.45) is 16.2 Å². The molecule has 0 spiro atoms. The monoisotopic (exact) mass is 199 g/mol. The zero-order valence-corrected chi connectivity index (χ0v) is 8.94. The molecule has 0 saturated heterocycles. The van der Waals surface area contributed by atoms with Gasteiger partial charge in [0.15, 0.2) is 0 Å². The van der Waals surface area contributed by atoms with Crippen molar-refractivity contribution in [3.63, 3.8) is 0 Å². The van der Waals surface area contributed by atoms with Crippen molar-refractivity contribution in [3.05, 3.63) is 5.53 Å². The van der Waals surface area contributed by atoms with E-state index in [1.54, 1.807) is 0 Å². The zero-order valence-electron chi connectivity index (χ0n) is 8.94. The third-order valence-electron chi connectivity index (χ3n) is 2.15. The van der Waals surface area contributed by atoms with E-state index in [1.807, 2.05) is 0 Å². The molecule has 14 heavy (non-hydrogen) atoms. The summed E-state index contributed by atoms with van der Waals surface area (Å²) >= 11 is 0. The highest BCUT2D eigenvalue weighted by atomic mass is 16.6. The third kappa shape index (κ3) is 7.67. The van der Waals surface area contributed by atoms with Gasteiger partial charge in [-0.15, -0.1) is 0 Å². The van der Waals surface area contributed by atoms with E-state index in [-0.39, 0.29) is 0 Å². The highest BCUT2D eigenvalue weighted by Gasteiger charge is 2.04. The maximum Gasteiger partial charge on any atom is 0.115 e. The standard InChI is InChI=1S/C9H19N4O/c1-3-5-6-9(4-2)7-12-14-8-11-13-10/h8-9,12H,3-7H2,1-2H3/q-1/b11-8+. The largest absolute Gasteiger partial charge is 0.419 e. The van der Waals surface area contributed by atoms with E-state index in [1.165, 1.54) is 19.3 Å². The first kappa shape index (κ1) is 13.0. The van der Waals surface area contributed by atoms with Crippen molar-refractivity contribution < 1.29 is 4.84 Å². The molecule has 0 aromatic heterocycles. The van der Waals surface area contributed by atoms with Crippen LogP contribution in [0, 0.1) is 5.92 Å². The minimum absolute atomic E-state index is 0.634. The van der Waals surface area contributed by atoms with Crippen molar-refractivity contribution in [3.8, 4) is 0 Å². The number of rotatable bonds is 9. The molecule has 82 valence electrons. The van der Waals surface area contributed by atoms with E-state index in [0.717, 1.165) is 19.4 Å². The summed E-state index contributed by atoms with van der Waals surface area (Å²) in [6, 6.07) is 0. The van der Waals surface area contributed by atoms with Gasteiger partial charge in [-0.05, 0) is 12.3 Å². The Labute approximate surface area is 85.4 Å². The van der Waals surface area contributed by atoms with Crippen LogP contribution >= 0.6 is 0 Å². The number of hydrogen-bond donors (Lipinski definition) is 1. The van der Waals surface area contributed by atoms with Crippen LogP contribution in [-0.2, 0) is 4.84 Å². The SMILES string of the molecule is CCCCC(CC)CNO/C=N/N=[N-]. The summed E-state index contributed by atoms with van der Waals surface area (Å²) in [5.74, 6) is 0.634. The average molecular weight is 199 g/mol. The number of nitrogens with one attached hydrogen (secondary N) is 1. The van der Waals surface area contributed by atoms with Gasteiger partial charge in [-0.25, -0.2) is 0 Å². The van der Waals surface area contributed by atoms with E-state index in [0.29, 0.717) is 5.92 Å². The van der Waals surface area contributed by atoms with Gasteiger partial charge in [0, 0.05) is 6.54 Å². The fourth-order valence-electron chi connectivity index (χ4n) is 1.19. The highest BCUT2D eigenvalue weighted by Crippen LogP contribution is 2.10. The second-order valence-electron chi connectivity index (χ2n) is 3.19. The fourth-order valence-corrected chi connectivity index (χ4v) is 1.19. The molecule has 1 atom stereocenters. The van der Waals surface area contributed by atoms with Crippen LogP contribution in [0.5, 0.6) is 0 Å². The van der Waals surface area contributed by atoms with Crippen LogP contribution in [0.1, 0.15) is 39.5 Å². The van der Waals surface area contributed by atoms with Crippen molar-refractivity contribution in [1.29, 1.82) is 0 Å². The van der Waals surface area contributed by atoms with E-state index >= 15 is 0 Å². The maximum absolute atomic E-state index is 7.96. The predicted octanol–water partition coefficient (Wildman–Crippen LogP) is 2.69. The van der Waals surface area contributed by atoms with Crippen molar-refractivity contribution >= 4 is 6.40 Å². The Bertz CT molecular complexity index is 161. The molecule has 0 bridgehead atoms. The third-order valence-corrected chi connectivity index (χ3v) is 2.15. The van der Waals surface area contributed by atoms with Crippen molar-refractivity contribution in [1.82, 2.24) is 5.48 Å². The van der Waals surface area contributed by atoms with Crippen molar-refractivity contribution in [2.45, 2.75) is 39.5 Å². The molecule has 0 saturated carbocycles. The minimum Gasteiger partial charge on any atom is -0.419 e. The van der Waals surface area contributed by atoms with E-state index in [4.69, 9.17) is 10.4 Å². The van der Waals surface area contributed by atoms with Gasteiger partial charge in [-0.1, -0.05) is 33.1 Å². The lowest BCUT2D eigenvalue weighted by molar-refractivity contribution is 0.168. The highest BCUT2D eigenvalue weighted by molar-refractivity contribution is 5.45. The Balaban J connectivity index is 3.41. The van der Waals surface area contributed by atoms with Gasteiger partial charge in [0.2, 0.25) is 0 Å². The fraction of sp³-hybridized carbons (Fsp3) is 0.889. The summed E-state index contributed by atoms with van der Waals surface area (Å²) in [6.07, 6.45) is 5.89. The first-order valence-corrected chi connectivity index (χ1v) is 5.09. The predicted molar refractivity (Wildman–Crippen MR) is 56.7 cm³/mol. The molecule has 1 unspecified atom stereocenters. The van der Waals surface area contributed by atoms with E-state index in [9.17, 15) is 0 Å². The lowest BCUT2D eigenvalue weighted by atomic mass is 10.00. The molecular formula is C9H19N4O-. The van der Waals surface area contributed by atoms with E-state index < -0.39 is 0 Å². The van der Waals surface area contributed by atoms with Crippen LogP contribution in [0.3, 0.4) is 0 Å². The quantitative estimate of drug-likeness (QED) is 0.204. The molecule has 0 rings (SSSR count). The molecule has 0 aliphatic heterocycles. The first-order chi connectivity index (χ1) is 6.85. The molecule has 0 aliphatic rings. The molecule has 0 aromatic carbocycles. The molecule has 0 heterocycles. The Morgan fingerprint density at radius 2 is 2.29 bits per heavy atom. The molecule has 0 amide bonds. The van der Waals surface area contributed by atoms with Crippen molar-refractivity contribution in [2.75, 3.05) is 6.54 Å². The summed E-state index contributed by atoms with van der Waals surface area (Å²) in [5.41, 5.74) is 10.7. The van der Waals surface area contributed by atoms with Crippen LogP contribution in [-0.4, -0.2) is 12.9 Å². The first-order valence-electron chi connectivity index (χ1n) is 5.09. The summed E-state index contributed by atoms with van der Waals surface area (Å²) in [5, 5.41) is 5.65. The Hall–Kier alpha value is -0.970. The van der Waals surface area contributed by atoms with Crippen LogP contribution in [0.4, 0.5) is 0 Å². The summed E-state index contributed by atoms with van der Waals surface area (Å²) in [4.78, 5) is 4.79. The maximum atomic E-state index is 7.96. The molecule has 0 radical (unpaired) electrons. The lowest BCUT2D eigenvalue weighted by Crippen LogP contribution is -2.22. The molecule has 5 heteroatoms. The molecule has 0 fully saturated rings. The molecule has 5 nitrogen and oxygen atoms in total. The van der Waals surface area contributed by atoms with Crippen LogP contribution in [0.15, 0.2) is 10.3 Å². The number of unbranched alkanes of at least 4 members (excludes halogenated alkanes) is 1. The topological polar surface area (TPSA) is 68.3 Å². The number of hydroxylamine groups is 1. The van der Waals surface area contributed by atoms with Gasteiger partial charge in [0.05, 0.1) is 0 Å². The molecule has 0 aromatic rings. The molecule has 0 aliphatic carbocycles.